The SMILES string of the molecule is CNc1cc(C(=O)Nc2nnns2)cc(C(C)C)n1. The van der Waals surface area contributed by atoms with Gasteiger partial charge in [0.05, 0.1) is 0 Å². The summed E-state index contributed by atoms with van der Waals surface area (Å²) in [6.07, 6.45) is 0. The van der Waals surface area contributed by atoms with Crippen molar-refractivity contribution in [3.8, 4) is 0 Å². The van der Waals surface area contributed by atoms with Crippen LogP contribution in [0.1, 0.15) is 35.8 Å². The molecule has 19 heavy (non-hydrogen) atoms. The monoisotopic (exact) mass is 278 g/mol. The van der Waals surface area contributed by atoms with E-state index in [0.717, 1.165) is 17.2 Å². The minimum Gasteiger partial charge on any atom is -0.373 e. The van der Waals surface area contributed by atoms with Gasteiger partial charge in [0, 0.05) is 29.8 Å². The molecule has 7 nitrogen and oxygen atoms in total. The molecular weight excluding hydrogens is 264 g/mol. The Kier molecular flexibility index (Phi) is 4.00. The summed E-state index contributed by atoms with van der Waals surface area (Å²) >= 11 is 1.03. The zero-order valence-electron chi connectivity index (χ0n) is 10.8. The Hall–Kier alpha value is -2.09. The van der Waals surface area contributed by atoms with Gasteiger partial charge in [-0.25, -0.2) is 4.98 Å². The molecule has 0 fully saturated rings. The lowest BCUT2D eigenvalue weighted by atomic mass is 10.1. The van der Waals surface area contributed by atoms with Crippen LogP contribution >= 0.6 is 11.5 Å². The van der Waals surface area contributed by atoms with Crippen LogP contribution < -0.4 is 10.6 Å². The standard InChI is InChI=1S/C11H14N6OS/c1-6(2)8-4-7(5-9(12-3)13-8)10(18)14-11-15-16-17-19-11/h4-6H,1-3H3,(H,12,13)(H,14,15,17,18). The Bertz CT molecular complexity index is 569. The maximum atomic E-state index is 12.1. The zero-order chi connectivity index (χ0) is 13.8. The third-order valence-electron chi connectivity index (χ3n) is 2.47. The largest absolute Gasteiger partial charge is 0.373 e. The molecule has 0 aliphatic heterocycles. The number of carbonyl (C=O) groups excluding carboxylic acids is 1. The quantitative estimate of drug-likeness (QED) is 0.885. The summed E-state index contributed by atoms with van der Waals surface area (Å²) in [4.78, 5) is 16.5. The second kappa shape index (κ2) is 5.70. The number of aromatic nitrogens is 4. The van der Waals surface area contributed by atoms with E-state index in [2.05, 4.69) is 30.4 Å². The minimum atomic E-state index is -0.251. The van der Waals surface area contributed by atoms with E-state index in [1.807, 2.05) is 13.8 Å². The molecule has 1 amide bonds. The van der Waals surface area contributed by atoms with Crippen molar-refractivity contribution >= 4 is 28.4 Å². The van der Waals surface area contributed by atoms with Gasteiger partial charge in [-0.2, -0.15) is 0 Å². The Morgan fingerprint density at radius 1 is 1.37 bits per heavy atom. The molecule has 8 heteroatoms. The van der Waals surface area contributed by atoms with E-state index in [1.54, 1.807) is 19.2 Å². The predicted molar refractivity (Wildman–Crippen MR) is 73.5 cm³/mol. The number of pyridine rings is 1. The maximum absolute atomic E-state index is 12.1. The van der Waals surface area contributed by atoms with Gasteiger partial charge in [-0.1, -0.05) is 23.4 Å². The van der Waals surface area contributed by atoms with Gasteiger partial charge in [-0.3, -0.25) is 10.1 Å². The summed E-state index contributed by atoms with van der Waals surface area (Å²) in [6, 6.07) is 3.46. The van der Waals surface area contributed by atoms with Crippen LogP contribution in [-0.2, 0) is 0 Å². The first-order valence-corrected chi connectivity index (χ1v) is 6.53. The predicted octanol–water partition coefficient (Wildman–Crippen LogP) is 1.75. The molecule has 0 aromatic carbocycles. The van der Waals surface area contributed by atoms with Crippen molar-refractivity contribution in [2.45, 2.75) is 19.8 Å². The van der Waals surface area contributed by atoms with Crippen LogP contribution in [-0.4, -0.2) is 32.7 Å². The molecule has 0 saturated heterocycles. The Morgan fingerprint density at radius 3 is 2.74 bits per heavy atom. The van der Waals surface area contributed by atoms with E-state index in [9.17, 15) is 4.79 Å². The molecule has 0 atom stereocenters. The molecule has 2 rings (SSSR count). The highest BCUT2D eigenvalue weighted by atomic mass is 32.1. The molecule has 0 spiro atoms. The van der Waals surface area contributed by atoms with Crippen molar-refractivity contribution in [3.05, 3.63) is 23.4 Å². The molecule has 2 aromatic heterocycles. The molecule has 0 aliphatic carbocycles. The average Bonchev–Trinajstić information content (AvgIpc) is 2.90. The molecule has 0 radical (unpaired) electrons. The second-order valence-corrected chi connectivity index (χ2v) is 4.92. The van der Waals surface area contributed by atoms with Crippen LogP contribution in [0.2, 0.25) is 0 Å². The Labute approximate surface area is 114 Å². The third-order valence-corrected chi connectivity index (χ3v) is 2.99. The highest BCUT2D eigenvalue weighted by molar-refractivity contribution is 7.09. The maximum Gasteiger partial charge on any atom is 0.257 e. The Balaban J connectivity index is 2.27. The molecule has 0 aliphatic rings. The van der Waals surface area contributed by atoms with E-state index in [0.29, 0.717) is 16.5 Å². The molecular formula is C11H14N6OS. The molecule has 0 saturated carbocycles. The summed E-state index contributed by atoms with van der Waals surface area (Å²) in [5, 5.41) is 13.1. The first-order valence-electron chi connectivity index (χ1n) is 5.76. The zero-order valence-corrected chi connectivity index (χ0v) is 11.7. The van der Waals surface area contributed by atoms with E-state index >= 15 is 0 Å². The van der Waals surface area contributed by atoms with Gasteiger partial charge in [-0.15, -0.1) is 0 Å². The molecule has 2 aromatic rings. The van der Waals surface area contributed by atoms with E-state index < -0.39 is 0 Å². The van der Waals surface area contributed by atoms with Crippen molar-refractivity contribution in [2.24, 2.45) is 0 Å². The van der Waals surface area contributed by atoms with E-state index in [1.165, 1.54) is 0 Å². The van der Waals surface area contributed by atoms with Gasteiger partial charge < -0.3 is 5.32 Å². The fourth-order valence-corrected chi connectivity index (χ4v) is 1.82. The van der Waals surface area contributed by atoms with Crippen molar-refractivity contribution in [1.82, 2.24) is 19.8 Å². The molecule has 0 bridgehead atoms. The highest BCUT2D eigenvalue weighted by Crippen LogP contribution is 2.18. The lowest BCUT2D eigenvalue weighted by molar-refractivity contribution is 0.102. The summed E-state index contributed by atoms with van der Waals surface area (Å²) in [7, 11) is 1.77. The van der Waals surface area contributed by atoms with Crippen molar-refractivity contribution in [2.75, 3.05) is 17.7 Å². The number of carbonyl (C=O) groups is 1. The number of anilines is 2. The van der Waals surface area contributed by atoms with Gasteiger partial charge in [0.2, 0.25) is 5.13 Å². The lowest BCUT2D eigenvalue weighted by Crippen LogP contribution is -2.13. The van der Waals surface area contributed by atoms with E-state index in [4.69, 9.17) is 0 Å². The van der Waals surface area contributed by atoms with Gasteiger partial charge >= 0.3 is 0 Å². The molecule has 2 heterocycles. The van der Waals surface area contributed by atoms with Crippen molar-refractivity contribution in [1.29, 1.82) is 0 Å². The minimum absolute atomic E-state index is 0.239. The summed E-state index contributed by atoms with van der Waals surface area (Å²) in [5.74, 6) is 0.647. The molecule has 2 N–H and O–H groups in total. The van der Waals surface area contributed by atoms with Gasteiger partial charge in [0.15, 0.2) is 0 Å². The van der Waals surface area contributed by atoms with Crippen molar-refractivity contribution < 1.29 is 4.79 Å². The molecule has 100 valence electrons. The van der Waals surface area contributed by atoms with Crippen LogP contribution in [0.5, 0.6) is 0 Å². The average molecular weight is 278 g/mol. The summed E-state index contributed by atoms with van der Waals surface area (Å²) < 4.78 is 3.59. The van der Waals surface area contributed by atoms with Crippen LogP contribution in [0, 0.1) is 0 Å². The van der Waals surface area contributed by atoms with Crippen LogP contribution in [0.4, 0.5) is 10.9 Å². The number of hydrogen-bond donors (Lipinski definition) is 2. The fourth-order valence-electron chi connectivity index (χ4n) is 1.46. The van der Waals surface area contributed by atoms with Gasteiger partial charge in [-0.05, 0) is 23.3 Å². The van der Waals surface area contributed by atoms with Crippen LogP contribution in [0.25, 0.3) is 0 Å². The Morgan fingerprint density at radius 2 is 2.16 bits per heavy atom. The first kappa shape index (κ1) is 13.3. The van der Waals surface area contributed by atoms with Gasteiger partial charge in [0.25, 0.3) is 5.91 Å². The second-order valence-electron chi connectivity index (χ2n) is 4.19. The topological polar surface area (TPSA) is 92.7 Å². The smallest absolute Gasteiger partial charge is 0.257 e. The molecule has 0 unspecified atom stereocenters. The van der Waals surface area contributed by atoms with E-state index in [-0.39, 0.29) is 11.8 Å². The van der Waals surface area contributed by atoms with Gasteiger partial charge in [0.1, 0.15) is 5.82 Å². The number of amides is 1. The number of nitrogens with one attached hydrogen (secondary N) is 2. The number of hydrogen-bond acceptors (Lipinski definition) is 7. The number of nitrogens with zero attached hydrogens (tertiary/aromatic N) is 4. The van der Waals surface area contributed by atoms with Crippen LogP contribution in [0.15, 0.2) is 12.1 Å². The first-order chi connectivity index (χ1) is 9.10. The number of rotatable bonds is 4. The van der Waals surface area contributed by atoms with Crippen molar-refractivity contribution in [3.63, 3.8) is 0 Å². The third kappa shape index (κ3) is 3.22. The van der Waals surface area contributed by atoms with Crippen LogP contribution in [0.3, 0.4) is 0 Å². The fraction of sp³-hybridized carbons (Fsp3) is 0.364. The highest BCUT2D eigenvalue weighted by Gasteiger charge is 2.13. The lowest BCUT2D eigenvalue weighted by Gasteiger charge is -2.10. The summed E-state index contributed by atoms with van der Waals surface area (Å²) in [6.45, 7) is 4.05. The summed E-state index contributed by atoms with van der Waals surface area (Å²) in [5.41, 5.74) is 1.38. The normalized spacial score (nSPS) is 10.5.